The van der Waals surface area contributed by atoms with Gasteiger partial charge >= 0.3 is 5.97 Å². The van der Waals surface area contributed by atoms with Crippen molar-refractivity contribution in [1.29, 1.82) is 0 Å². The smallest absolute Gasteiger partial charge is 0.319 e. The molecule has 1 N–H and O–H groups in total. The van der Waals surface area contributed by atoms with Gasteiger partial charge in [0.2, 0.25) is 0 Å². The number of carbonyl (C=O) groups is 2. The predicted molar refractivity (Wildman–Crippen MR) is 117 cm³/mol. The van der Waals surface area contributed by atoms with Crippen LogP contribution < -0.4 is 5.32 Å². The molecule has 0 amide bonds. The molecule has 0 saturated carbocycles. The van der Waals surface area contributed by atoms with Gasteiger partial charge in [0.25, 0.3) is 0 Å². The Hall–Kier alpha value is -2.73. The first-order valence-corrected chi connectivity index (χ1v) is 10.4. The second-order valence-electron chi connectivity index (χ2n) is 8.14. The molecule has 2 aromatic carbocycles. The number of Topliss-reactive ketones (excluding diaryl/α,β-unsaturated/α-hetero) is 1. The summed E-state index contributed by atoms with van der Waals surface area (Å²) in [5.41, 5.74) is 2.18. The normalized spacial score (nSPS) is 13.7. The lowest BCUT2D eigenvalue weighted by atomic mass is 9.90. The number of carbonyl (C=O) groups excluding carboxylic acids is 2. The van der Waals surface area contributed by atoms with E-state index in [1.54, 1.807) is 20.8 Å². The number of esters is 1. The van der Waals surface area contributed by atoms with Gasteiger partial charge in [0, 0.05) is 0 Å². The summed E-state index contributed by atoms with van der Waals surface area (Å²) >= 11 is 1.50. The average molecular weight is 411 g/mol. The third kappa shape index (κ3) is 5.21. The highest BCUT2D eigenvalue weighted by Gasteiger charge is 2.37. The van der Waals surface area contributed by atoms with Crippen LogP contribution in [0.2, 0.25) is 0 Å². The van der Waals surface area contributed by atoms with Crippen LogP contribution in [-0.2, 0) is 14.3 Å². The zero-order chi connectivity index (χ0) is 21.2. The molecule has 1 heterocycles. The number of aromatic nitrogens is 1. The van der Waals surface area contributed by atoms with Crippen LogP contribution in [0.3, 0.4) is 0 Å². The number of ether oxygens (including phenoxy) is 1. The van der Waals surface area contributed by atoms with Gasteiger partial charge in [-0.2, -0.15) is 0 Å². The third-order valence-corrected chi connectivity index (χ3v) is 5.36. The molecular formula is C23H26N2O3S. The first-order chi connectivity index (χ1) is 13.6. The van der Waals surface area contributed by atoms with Crippen molar-refractivity contribution < 1.29 is 14.3 Å². The summed E-state index contributed by atoms with van der Waals surface area (Å²) in [6, 6.07) is 15.0. The second kappa shape index (κ2) is 8.33. The van der Waals surface area contributed by atoms with E-state index in [-0.39, 0.29) is 5.78 Å². The number of ketones is 1. The monoisotopic (exact) mass is 410 g/mol. The lowest BCUT2D eigenvalue weighted by Crippen LogP contribution is -2.38. The number of fused-ring (bicyclic) bond motifs is 1. The minimum Gasteiger partial charge on any atom is -0.459 e. The fraction of sp³-hybridized carbons (Fsp3) is 0.348. The maximum absolute atomic E-state index is 12.9. The Morgan fingerprint density at radius 2 is 1.79 bits per heavy atom. The Bertz CT molecular complexity index is 1020. The minimum atomic E-state index is -0.981. The van der Waals surface area contributed by atoms with E-state index in [1.165, 1.54) is 18.3 Å². The van der Waals surface area contributed by atoms with Crippen molar-refractivity contribution in [2.75, 3.05) is 5.32 Å². The molecule has 0 saturated heterocycles. The minimum absolute atomic E-state index is 0.252. The van der Waals surface area contributed by atoms with Crippen molar-refractivity contribution in [3.63, 3.8) is 0 Å². The van der Waals surface area contributed by atoms with Crippen LogP contribution in [0.4, 0.5) is 5.13 Å². The molecule has 3 rings (SSSR count). The van der Waals surface area contributed by atoms with E-state index in [2.05, 4.69) is 16.4 Å². The van der Waals surface area contributed by atoms with E-state index in [0.717, 1.165) is 21.3 Å². The van der Waals surface area contributed by atoms with Crippen molar-refractivity contribution in [2.45, 2.75) is 46.3 Å². The SMILES string of the molecule is CC(=O)C(C(=O)OC(C)(C)C)C(Nc1nc2ccc(C)cc2s1)c1ccccc1. The fourth-order valence-corrected chi connectivity index (χ4v) is 4.15. The first-order valence-electron chi connectivity index (χ1n) is 9.56. The Balaban J connectivity index is 2.00. The molecule has 0 bridgehead atoms. The molecule has 0 fully saturated rings. The van der Waals surface area contributed by atoms with Crippen molar-refractivity contribution in [3.8, 4) is 0 Å². The first kappa shape index (κ1) is 21.0. The summed E-state index contributed by atoms with van der Waals surface area (Å²) in [4.78, 5) is 30.1. The second-order valence-corrected chi connectivity index (χ2v) is 9.18. The number of rotatable bonds is 6. The Labute approximate surface area is 175 Å². The highest BCUT2D eigenvalue weighted by molar-refractivity contribution is 7.22. The molecule has 3 aromatic rings. The molecule has 0 spiro atoms. The van der Waals surface area contributed by atoms with Gasteiger partial charge in [0.1, 0.15) is 17.3 Å². The maximum atomic E-state index is 12.9. The number of hydrogen-bond donors (Lipinski definition) is 1. The molecule has 152 valence electrons. The van der Waals surface area contributed by atoms with Crippen molar-refractivity contribution in [1.82, 2.24) is 4.98 Å². The lowest BCUT2D eigenvalue weighted by Gasteiger charge is -2.28. The Morgan fingerprint density at radius 3 is 2.41 bits per heavy atom. The van der Waals surface area contributed by atoms with Gasteiger partial charge in [-0.25, -0.2) is 4.98 Å². The van der Waals surface area contributed by atoms with E-state index < -0.39 is 23.5 Å². The number of hydrogen-bond acceptors (Lipinski definition) is 6. The standard InChI is InChI=1S/C23H26N2O3S/c1-14-11-12-17-18(13-14)29-22(24-17)25-20(16-9-7-6-8-10-16)19(15(2)26)21(27)28-23(3,4)5/h6-13,19-20H,1-5H3,(H,24,25). The highest BCUT2D eigenvalue weighted by Crippen LogP contribution is 2.34. The zero-order valence-corrected chi connectivity index (χ0v) is 18.2. The summed E-state index contributed by atoms with van der Waals surface area (Å²) in [6.45, 7) is 8.84. The quantitative estimate of drug-likeness (QED) is 0.441. The highest BCUT2D eigenvalue weighted by atomic mass is 32.1. The van der Waals surface area contributed by atoms with E-state index in [9.17, 15) is 9.59 Å². The van der Waals surface area contributed by atoms with E-state index in [4.69, 9.17) is 4.74 Å². The number of thiazole rings is 1. The fourth-order valence-electron chi connectivity index (χ4n) is 3.15. The summed E-state index contributed by atoms with van der Waals surface area (Å²) in [5, 5.41) is 4.00. The van der Waals surface area contributed by atoms with Crippen LogP contribution in [0.5, 0.6) is 0 Å². The largest absolute Gasteiger partial charge is 0.459 e. The van der Waals surface area contributed by atoms with Gasteiger partial charge in [-0.1, -0.05) is 47.7 Å². The molecule has 1 aromatic heterocycles. The van der Waals surface area contributed by atoms with E-state index in [1.807, 2.05) is 49.4 Å². The van der Waals surface area contributed by atoms with Gasteiger partial charge < -0.3 is 10.1 Å². The molecule has 0 aliphatic heterocycles. The molecule has 29 heavy (non-hydrogen) atoms. The summed E-state index contributed by atoms with van der Waals surface area (Å²) < 4.78 is 6.61. The number of aryl methyl sites for hydroxylation is 1. The predicted octanol–water partition coefficient (Wildman–Crippen LogP) is 5.30. The van der Waals surface area contributed by atoms with Crippen LogP contribution in [-0.4, -0.2) is 22.3 Å². The van der Waals surface area contributed by atoms with Crippen molar-refractivity contribution in [3.05, 3.63) is 59.7 Å². The van der Waals surface area contributed by atoms with Gasteiger partial charge in [0.05, 0.1) is 16.3 Å². The average Bonchev–Trinajstić information content (AvgIpc) is 3.01. The molecule has 0 radical (unpaired) electrons. The zero-order valence-electron chi connectivity index (χ0n) is 17.4. The van der Waals surface area contributed by atoms with Gasteiger partial charge in [-0.15, -0.1) is 0 Å². The molecule has 2 atom stereocenters. The topological polar surface area (TPSA) is 68.3 Å². The number of benzene rings is 2. The Kier molecular flexibility index (Phi) is 6.03. The molecule has 5 nitrogen and oxygen atoms in total. The van der Waals surface area contributed by atoms with Gasteiger partial charge in [0.15, 0.2) is 5.13 Å². The van der Waals surface area contributed by atoms with Crippen LogP contribution in [0.1, 0.15) is 44.9 Å². The molecule has 0 aliphatic carbocycles. The van der Waals surface area contributed by atoms with Crippen LogP contribution in [0.15, 0.2) is 48.5 Å². The maximum Gasteiger partial charge on any atom is 0.319 e. The van der Waals surface area contributed by atoms with E-state index >= 15 is 0 Å². The summed E-state index contributed by atoms with van der Waals surface area (Å²) in [5.74, 6) is -1.77. The Morgan fingerprint density at radius 1 is 1.10 bits per heavy atom. The number of anilines is 1. The molecule has 6 heteroatoms. The molecule has 2 unspecified atom stereocenters. The summed E-state index contributed by atoms with van der Waals surface area (Å²) in [6.07, 6.45) is 0. The van der Waals surface area contributed by atoms with E-state index in [0.29, 0.717) is 5.13 Å². The molecular weight excluding hydrogens is 384 g/mol. The summed E-state index contributed by atoms with van der Waals surface area (Å²) in [7, 11) is 0. The van der Waals surface area contributed by atoms with Crippen LogP contribution >= 0.6 is 11.3 Å². The van der Waals surface area contributed by atoms with Gasteiger partial charge in [-0.3, -0.25) is 9.59 Å². The third-order valence-electron chi connectivity index (χ3n) is 4.41. The molecule has 0 aliphatic rings. The number of nitrogens with zero attached hydrogens (tertiary/aromatic N) is 1. The van der Waals surface area contributed by atoms with Crippen LogP contribution in [0, 0.1) is 12.8 Å². The lowest BCUT2D eigenvalue weighted by molar-refractivity contribution is -0.162. The van der Waals surface area contributed by atoms with Gasteiger partial charge in [-0.05, 0) is 57.9 Å². The van der Waals surface area contributed by atoms with Crippen molar-refractivity contribution in [2.24, 2.45) is 5.92 Å². The van der Waals surface area contributed by atoms with Crippen LogP contribution in [0.25, 0.3) is 10.2 Å². The number of nitrogens with one attached hydrogen (secondary N) is 1. The van der Waals surface area contributed by atoms with Crippen molar-refractivity contribution >= 4 is 38.4 Å².